The van der Waals surface area contributed by atoms with Gasteiger partial charge >= 0.3 is 0 Å². The first-order valence-electron chi connectivity index (χ1n) is 4.73. The number of fused-ring (bicyclic) bond motifs is 1. The number of halogens is 2. The van der Waals surface area contributed by atoms with E-state index in [9.17, 15) is 4.39 Å². The Bertz CT molecular complexity index is 517. The molecule has 0 fully saturated rings. The van der Waals surface area contributed by atoms with E-state index in [2.05, 4.69) is 4.98 Å². The van der Waals surface area contributed by atoms with Crippen molar-refractivity contribution in [1.82, 2.24) is 4.98 Å². The molecule has 3 N–H and O–H groups in total. The van der Waals surface area contributed by atoms with Crippen LogP contribution in [0.5, 0.6) is 0 Å². The van der Waals surface area contributed by atoms with Gasteiger partial charge in [0.25, 0.3) is 0 Å². The molecule has 1 unspecified atom stereocenters. The number of hydrogen-bond acceptors (Lipinski definition) is 1. The van der Waals surface area contributed by atoms with Crippen LogP contribution in [-0.4, -0.2) is 4.98 Å². The van der Waals surface area contributed by atoms with Gasteiger partial charge in [-0.1, -0.05) is 11.6 Å². The van der Waals surface area contributed by atoms with Crippen LogP contribution < -0.4 is 5.73 Å². The van der Waals surface area contributed by atoms with Crippen molar-refractivity contribution in [2.24, 2.45) is 5.73 Å². The maximum absolute atomic E-state index is 13.2. The van der Waals surface area contributed by atoms with Gasteiger partial charge in [0.2, 0.25) is 0 Å². The third kappa shape index (κ3) is 1.62. The zero-order valence-corrected chi connectivity index (χ0v) is 9.32. The van der Waals surface area contributed by atoms with Crippen LogP contribution in [0.3, 0.4) is 0 Å². The van der Waals surface area contributed by atoms with Crippen molar-refractivity contribution >= 4 is 22.5 Å². The van der Waals surface area contributed by atoms with E-state index < -0.39 is 5.82 Å². The zero-order valence-electron chi connectivity index (χ0n) is 8.57. The predicted molar refractivity (Wildman–Crippen MR) is 60.6 cm³/mol. The second-order valence-electron chi connectivity index (χ2n) is 3.76. The molecule has 0 aliphatic heterocycles. The van der Waals surface area contributed by atoms with Crippen LogP contribution in [0.15, 0.2) is 12.1 Å². The molecule has 15 heavy (non-hydrogen) atoms. The second kappa shape index (κ2) is 3.51. The summed E-state index contributed by atoms with van der Waals surface area (Å²) in [7, 11) is 0. The summed E-state index contributed by atoms with van der Waals surface area (Å²) in [6.45, 7) is 3.82. The van der Waals surface area contributed by atoms with Crippen LogP contribution >= 0.6 is 11.6 Å². The summed E-state index contributed by atoms with van der Waals surface area (Å²) in [6.07, 6.45) is 0. The molecule has 1 heterocycles. The SMILES string of the molecule is Cc1[nH]c2cc(F)c(Cl)cc2c1C(C)N. The first kappa shape index (κ1) is 10.5. The Balaban J connectivity index is 2.81. The number of aromatic amines is 1. The molecule has 0 aliphatic carbocycles. The van der Waals surface area contributed by atoms with E-state index in [1.807, 2.05) is 13.8 Å². The number of H-pyrrole nitrogens is 1. The molecular formula is C11H12ClFN2. The molecule has 0 amide bonds. The molecule has 2 rings (SSSR count). The van der Waals surface area contributed by atoms with Gasteiger partial charge in [0.05, 0.1) is 5.02 Å². The van der Waals surface area contributed by atoms with E-state index in [1.54, 1.807) is 6.07 Å². The molecule has 0 spiro atoms. The molecule has 4 heteroatoms. The van der Waals surface area contributed by atoms with E-state index in [1.165, 1.54) is 6.07 Å². The van der Waals surface area contributed by atoms with Crippen LogP contribution in [0.1, 0.15) is 24.2 Å². The molecular weight excluding hydrogens is 215 g/mol. The average Bonchev–Trinajstić information content (AvgIpc) is 2.41. The molecule has 0 bridgehead atoms. The van der Waals surface area contributed by atoms with Crippen LogP contribution in [0.2, 0.25) is 5.02 Å². The summed E-state index contributed by atoms with van der Waals surface area (Å²) >= 11 is 5.74. The lowest BCUT2D eigenvalue weighted by Gasteiger charge is -2.05. The Morgan fingerprint density at radius 2 is 2.13 bits per heavy atom. The lowest BCUT2D eigenvalue weighted by molar-refractivity contribution is 0.630. The summed E-state index contributed by atoms with van der Waals surface area (Å²) < 4.78 is 13.2. The summed E-state index contributed by atoms with van der Waals surface area (Å²) in [5, 5.41) is 1.03. The number of aromatic nitrogens is 1. The Morgan fingerprint density at radius 3 is 2.73 bits per heavy atom. The minimum Gasteiger partial charge on any atom is -0.358 e. The van der Waals surface area contributed by atoms with E-state index in [0.717, 1.165) is 22.2 Å². The van der Waals surface area contributed by atoms with Crippen molar-refractivity contribution in [3.8, 4) is 0 Å². The Labute approximate surface area is 92.2 Å². The Kier molecular flexibility index (Phi) is 2.44. The first-order valence-corrected chi connectivity index (χ1v) is 5.11. The lowest BCUT2D eigenvalue weighted by Crippen LogP contribution is -2.05. The van der Waals surface area contributed by atoms with Crippen molar-refractivity contribution in [3.05, 3.63) is 34.2 Å². The highest BCUT2D eigenvalue weighted by molar-refractivity contribution is 6.31. The monoisotopic (exact) mass is 226 g/mol. The van der Waals surface area contributed by atoms with Gasteiger partial charge < -0.3 is 10.7 Å². The third-order valence-electron chi connectivity index (χ3n) is 2.53. The topological polar surface area (TPSA) is 41.8 Å². The smallest absolute Gasteiger partial charge is 0.143 e. The van der Waals surface area contributed by atoms with Crippen molar-refractivity contribution in [2.75, 3.05) is 0 Å². The van der Waals surface area contributed by atoms with Crippen molar-refractivity contribution in [2.45, 2.75) is 19.9 Å². The van der Waals surface area contributed by atoms with Crippen LogP contribution in [0.4, 0.5) is 4.39 Å². The fraction of sp³-hybridized carbons (Fsp3) is 0.273. The highest BCUT2D eigenvalue weighted by atomic mass is 35.5. The molecule has 1 aromatic carbocycles. The molecule has 0 aliphatic rings. The third-order valence-corrected chi connectivity index (χ3v) is 2.82. The number of rotatable bonds is 1. The highest BCUT2D eigenvalue weighted by Crippen LogP contribution is 2.30. The van der Waals surface area contributed by atoms with Gasteiger partial charge in [-0.3, -0.25) is 0 Å². The number of benzene rings is 1. The lowest BCUT2D eigenvalue weighted by atomic mass is 10.1. The highest BCUT2D eigenvalue weighted by Gasteiger charge is 2.14. The van der Waals surface area contributed by atoms with Crippen LogP contribution in [0, 0.1) is 12.7 Å². The van der Waals surface area contributed by atoms with E-state index in [-0.39, 0.29) is 11.1 Å². The molecule has 1 aromatic heterocycles. The second-order valence-corrected chi connectivity index (χ2v) is 4.17. The normalized spacial score (nSPS) is 13.4. The zero-order chi connectivity index (χ0) is 11.2. The fourth-order valence-electron chi connectivity index (χ4n) is 1.93. The predicted octanol–water partition coefficient (Wildman–Crippen LogP) is 3.29. The summed E-state index contributed by atoms with van der Waals surface area (Å²) in [4.78, 5) is 3.10. The number of hydrogen-bond donors (Lipinski definition) is 2. The standard InChI is InChI=1S/C11H12ClFN2/c1-5(14)11-6(2)15-10-4-9(13)8(12)3-7(10)11/h3-5,15H,14H2,1-2H3. The van der Waals surface area contributed by atoms with Crippen molar-refractivity contribution < 1.29 is 4.39 Å². The average molecular weight is 227 g/mol. The summed E-state index contributed by atoms with van der Waals surface area (Å²) in [6, 6.07) is 2.92. The summed E-state index contributed by atoms with van der Waals surface area (Å²) in [5.41, 5.74) is 8.55. The number of nitrogens with one attached hydrogen (secondary N) is 1. The molecule has 2 aromatic rings. The van der Waals surface area contributed by atoms with Gasteiger partial charge in [0.1, 0.15) is 5.82 Å². The van der Waals surface area contributed by atoms with Crippen LogP contribution in [0.25, 0.3) is 10.9 Å². The quantitative estimate of drug-likeness (QED) is 0.770. The molecule has 80 valence electrons. The molecule has 0 saturated heterocycles. The fourth-order valence-corrected chi connectivity index (χ4v) is 2.09. The van der Waals surface area contributed by atoms with Crippen molar-refractivity contribution in [1.29, 1.82) is 0 Å². The minimum absolute atomic E-state index is 0.0970. The van der Waals surface area contributed by atoms with Gasteiger partial charge in [-0.05, 0) is 31.5 Å². The van der Waals surface area contributed by atoms with Crippen LogP contribution in [-0.2, 0) is 0 Å². The molecule has 0 saturated carbocycles. The van der Waals surface area contributed by atoms with Gasteiger partial charge in [0, 0.05) is 22.6 Å². The number of aryl methyl sites for hydroxylation is 1. The number of nitrogens with two attached hydrogens (primary N) is 1. The van der Waals surface area contributed by atoms with E-state index in [4.69, 9.17) is 17.3 Å². The van der Waals surface area contributed by atoms with Gasteiger partial charge in [-0.15, -0.1) is 0 Å². The molecule has 0 radical (unpaired) electrons. The minimum atomic E-state index is -0.415. The maximum atomic E-state index is 13.2. The largest absolute Gasteiger partial charge is 0.358 e. The molecule has 1 atom stereocenters. The Morgan fingerprint density at radius 1 is 1.47 bits per heavy atom. The first-order chi connectivity index (χ1) is 7.00. The van der Waals surface area contributed by atoms with Gasteiger partial charge in [0.15, 0.2) is 0 Å². The maximum Gasteiger partial charge on any atom is 0.143 e. The summed E-state index contributed by atoms with van der Waals surface area (Å²) in [5.74, 6) is -0.415. The van der Waals surface area contributed by atoms with Crippen molar-refractivity contribution in [3.63, 3.8) is 0 Å². The van der Waals surface area contributed by atoms with Gasteiger partial charge in [-0.25, -0.2) is 4.39 Å². The van der Waals surface area contributed by atoms with Gasteiger partial charge in [-0.2, -0.15) is 0 Å². The van der Waals surface area contributed by atoms with E-state index in [0.29, 0.717) is 0 Å². The Hall–Kier alpha value is -1.06. The van der Waals surface area contributed by atoms with E-state index >= 15 is 0 Å². The molecule has 2 nitrogen and oxygen atoms in total.